The van der Waals surface area contributed by atoms with E-state index >= 15 is 0 Å². The lowest BCUT2D eigenvalue weighted by molar-refractivity contribution is 0.468. The Hall–Kier alpha value is -1.22. The van der Waals surface area contributed by atoms with E-state index in [0.29, 0.717) is 10.0 Å². The number of hydrogen-bond acceptors (Lipinski definition) is 2. The van der Waals surface area contributed by atoms with E-state index in [1.807, 2.05) is 43.3 Å². The maximum Gasteiger partial charge on any atom is 0.131 e. The first kappa shape index (κ1) is 16.2. The molecule has 0 spiro atoms. The fourth-order valence-corrected chi connectivity index (χ4v) is 2.39. The number of nitrogens with two attached hydrogens (primary N) is 1. The van der Waals surface area contributed by atoms with E-state index in [2.05, 4.69) is 6.92 Å². The zero-order valence-corrected chi connectivity index (χ0v) is 13.7. The number of benzene rings is 2. The smallest absolute Gasteiger partial charge is 0.131 e. The van der Waals surface area contributed by atoms with Gasteiger partial charge in [0.1, 0.15) is 11.5 Å². The predicted molar refractivity (Wildman–Crippen MR) is 89.7 cm³/mol. The highest BCUT2D eigenvalue weighted by Crippen LogP contribution is 2.32. The van der Waals surface area contributed by atoms with Crippen molar-refractivity contribution >= 4 is 23.2 Å². The van der Waals surface area contributed by atoms with E-state index in [1.165, 1.54) is 0 Å². The molecule has 2 nitrogen and oxygen atoms in total. The summed E-state index contributed by atoms with van der Waals surface area (Å²) in [6.45, 7) is 4.05. The quantitative estimate of drug-likeness (QED) is 0.802. The molecule has 2 rings (SSSR count). The Bertz CT molecular complexity index is 628. The minimum atomic E-state index is 0.0891. The SMILES string of the molecule is CCC(N)Cc1cc(Cl)ccc1Oc1cc(Cl)ccc1C. The minimum absolute atomic E-state index is 0.0891. The van der Waals surface area contributed by atoms with Gasteiger partial charge in [-0.05, 0) is 61.2 Å². The van der Waals surface area contributed by atoms with Crippen molar-refractivity contribution in [2.75, 3.05) is 0 Å². The first-order valence-corrected chi connectivity index (χ1v) is 7.73. The van der Waals surface area contributed by atoms with E-state index in [9.17, 15) is 0 Å². The summed E-state index contributed by atoms with van der Waals surface area (Å²) in [7, 11) is 0. The van der Waals surface area contributed by atoms with Gasteiger partial charge in [0.05, 0.1) is 0 Å². The van der Waals surface area contributed by atoms with Crippen LogP contribution in [0.5, 0.6) is 11.5 Å². The molecular weight excluding hydrogens is 305 g/mol. The Morgan fingerprint density at radius 2 is 1.71 bits per heavy atom. The molecular formula is C17H19Cl2NO. The number of hydrogen-bond donors (Lipinski definition) is 1. The molecule has 0 fully saturated rings. The van der Waals surface area contributed by atoms with Crippen LogP contribution in [0, 0.1) is 6.92 Å². The van der Waals surface area contributed by atoms with Crippen LogP contribution >= 0.6 is 23.2 Å². The normalized spacial score (nSPS) is 12.2. The van der Waals surface area contributed by atoms with Gasteiger partial charge in [0, 0.05) is 16.1 Å². The van der Waals surface area contributed by atoms with Gasteiger partial charge in [-0.1, -0.05) is 36.2 Å². The summed E-state index contributed by atoms with van der Waals surface area (Å²) in [5, 5.41) is 1.33. The van der Waals surface area contributed by atoms with Gasteiger partial charge in [-0.2, -0.15) is 0 Å². The molecule has 1 atom stereocenters. The van der Waals surface area contributed by atoms with Gasteiger partial charge < -0.3 is 10.5 Å². The second-order valence-electron chi connectivity index (χ2n) is 5.14. The molecule has 0 saturated heterocycles. The monoisotopic (exact) mass is 323 g/mol. The van der Waals surface area contributed by atoms with Crippen LogP contribution in [0.1, 0.15) is 24.5 Å². The van der Waals surface area contributed by atoms with E-state index < -0.39 is 0 Å². The molecule has 2 aromatic rings. The summed E-state index contributed by atoms with van der Waals surface area (Å²) in [6.07, 6.45) is 1.63. The lowest BCUT2D eigenvalue weighted by Gasteiger charge is -2.16. The molecule has 2 N–H and O–H groups in total. The first-order chi connectivity index (χ1) is 9.99. The molecule has 21 heavy (non-hydrogen) atoms. The van der Waals surface area contributed by atoms with Gasteiger partial charge in [0.2, 0.25) is 0 Å². The molecule has 0 aliphatic heterocycles. The highest BCUT2D eigenvalue weighted by atomic mass is 35.5. The average Bonchev–Trinajstić information content (AvgIpc) is 2.45. The van der Waals surface area contributed by atoms with Crippen LogP contribution in [0.3, 0.4) is 0 Å². The summed E-state index contributed by atoms with van der Waals surface area (Å²) < 4.78 is 6.02. The highest BCUT2D eigenvalue weighted by Gasteiger charge is 2.11. The highest BCUT2D eigenvalue weighted by molar-refractivity contribution is 6.31. The Morgan fingerprint density at radius 1 is 1.05 bits per heavy atom. The Morgan fingerprint density at radius 3 is 2.43 bits per heavy atom. The molecule has 4 heteroatoms. The molecule has 0 heterocycles. The minimum Gasteiger partial charge on any atom is -0.457 e. The lowest BCUT2D eigenvalue weighted by Crippen LogP contribution is -2.21. The summed E-state index contributed by atoms with van der Waals surface area (Å²) in [6, 6.07) is 11.3. The maximum atomic E-state index is 6.09. The van der Waals surface area contributed by atoms with Gasteiger partial charge in [-0.3, -0.25) is 0 Å². The number of ether oxygens (including phenoxy) is 1. The predicted octanol–water partition coefficient (Wildman–Crippen LogP) is 5.37. The number of halogens is 2. The largest absolute Gasteiger partial charge is 0.457 e. The zero-order valence-electron chi connectivity index (χ0n) is 12.2. The van der Waals surface area contributed by atoms with Crippen LogP contribution in [0.15, 0.2) is 36.4 Å². The van der Waals surface area contributed by atoms with Crippen molar-refractivity contribution < 1.29 is 4.74 Å². The molecule has 0 saturated carbocycles. The van der Waals surface area contributed by atoms with E-state index in [4.69, 9.17) is 33.7 Å². The molecule has 1 unspecified atom stereocenters. The van der Waals surface area contributed by atoms with Crippen LogP contribution in [0.25, 0.3) is 0 Å². The topological polar surface area (TPSA) is 35.2 Å². The molecule has 0 radical (unpaired) electrons. The van der Waals surface area contributed by atoms with Gasteiger partial charge in [-0.25, -0.2) is 0 Å². The molecule has 0 aromatic heterocycles. The van der Waals surface area contributed by atoms with E-state index in [-0.39, 0.29) is 6.04 Å². The Balaban J connectivity index is 2.32. The third-order valence-electron chi connectivity index (χ3n) is 3.40. The fourth-order valence-electron chi connectivity index (χ4n) is 2.04. The van der Waals surface area contributed by atoms with Crippen LogP contribution in [0.2, 0.25) is 10.0 Å². The third-order valence-corrected chi connectivity index (χ3v) is 3.87. The van der Waals surface area contributed by atoms with Crippen LogP contribution in [-0.2, 0) is 6.42 Å². The van der Waals surface area contributed by atoms with Crippen molar-refractivity contribution in [3.63, 3.8) is 0 Å². The maximum absolute atomic E-state index is 6.09. The number of aryl methyl sites for hydroxylation is 1. The van der Waals surface area contributed by atoms with Crippen molar-refractivity contribution in [3.8, 4) is 11.5 Å². The van der Waals surface area contributed by atoms with Crippen molar-refractivity contribution in [2.45, 2.75) is 32.7 Å². The third kappa shape index (κ3) is 4.37. The van der Waals surface area contributed by atoms with E-state index in [0.717, 1.165) is 35.5 Å². The molecule has 0 aliphatic rings. The van der Waals surface area contributed by atoms with Gasteiger partial charge in [0.15, 0.2) is 0 Å². The zero-order chi connectivity index (χ0) is 15.4. The Kier molecular flexibility index (Phi) is 5.51. The second kappa shape index (κ2) is 7.17. The summed E-state index contributed by atoms with van der Waals surface area (Å²) in [5.74, 6) is 1.52. The van der Waals surface area contributed by atoms with Gasteiger partial charge >= 0.3 is 0 Å². The molecule has 0 bridgehead atoms. The molecule has 0 aliphatic carbocycles. The van der Waals surface area contributed by atoms with E-state index in [1.54, 1.807) is 0 Å². The molecule has 0 amide bonds. The van der Waals surface area contributed by atoms with Crippen LogP contribution < -0.4 is 10.5 Å². The Labute approximate surface area is 135 Å². The first-order valence-electron chi connectivity index (χ1n) is 6.97. The van der Waals surface area contributed by atoms with Crippen molar-refractivity contribution in [1.82, 2.24) is 0 Å². The van der Waals surface area contributed by atoms with Crippen molar-refractivity contribution in [1.29, 1.82) is 0 Å². The molecule has 112 valence electrons. The fraction of sp³-hybridized carbons (Fsp3) is 0.294. The second-order valence-corrected chi connectivity index (χ2v) is 6.01. The summed E-state index contributed by atoms with van der Waals surface area (Å²) >= 11 is 12.1. The number of rotatable bonds is 5. The van der Waals surface area contributed by atoms with Crippen LogP contribution in [0.4, 0.5) is 0 Å². The lowest BCUT2D eigenvalue weighted by atomic mass is 10.0. The standard InChI is InChI=1S/C17H19Cl2NO/c1-3-15(20)9-12-8-13(18)6-7-16(12)21-17-10-14(19)5-4-11(17)2/h4-8,10,15H,3,9,20H2,1-2H3. The van der Waals surface area contributed by atoms with Gasteiger partial charge in [0.25, 0.3) is 0 Å². The summed E-state index contributed by atoms with van der Waals surface area (Å²) in [5.41, 5.74) is 8.09. The van der Waals surface area contributed by atoms with Gasteiger partial charge in [-0.15, -0.1) is 0 Å². The molecule has 2 aromatic carbocycles. The van der Waals surface area contributed by atoms with Crippen LogP contribution in [-0.4, -0.2) is 6.04 Å². The van der Waals surface area contributed by atoms with Crippen molar-refractivity contribution in [3.05, 3.63) is 57.6 Å². The van der Waals surface area contributed by atoms with Crippen molar-refractivity contribution in [2.24, 2.45) is 5.73 Å². The average molecular weight is 324 g/mol. The summed E-state index contributed by atoms with van der Waals surface area (Å²) in [4.78, 5) is 0.